The van der Waals surface area contributed by atoms with Gasteiger partial charge in [-0.05, 0) is 55.0 Å². The molecule has 1 heterocycles. The van der Waals surface area contributed by atoms with Gasteiger partial charge in [0.15, 0.2) is 11.5 Å². The molecule has 35 heavy (non-hydrogen) atoms. The maximum absolute atomic E-state index is 13.1. The minimum absolute atomic E-state index is 0.0313. The van der Waals surface area contributed by atoms with Crippen LogP contribution in [0.4, 0.5) is 0 Å². The molecule has 3 aromatic rings. The number of hydrogen-bond acceptors (Lipinski definition) is 6. The Balaban J connectivity index is 1.49. The molecule has 4 rings (SSSR count). The number of amides is 1. The highest BCUT2D eigenvalue weighted by Crippen LogP contribution is 2.32. The Morgan fingerprint density at radius 3 is 2.49 bits per heavy atom. The Hall–Kier alpha value is -3.55. The Kier molecular flexibility index (Phi) is 8.59. The molecule has 0 spiro atoms. The number of carbonyl (C=O) groups excluding carboxylic acids is 1. The average Bonchev–Trinajstić information content (AvgIpc) is 2.91. The fourth-order valence-corrected chi connectivity index (χ4v) is 4.13. The molecule has 1 fully saturated rings. The maximum atomic E-state index is 13.1. The molecule has 0 radical (unpaired) electrons. The second kappa shape index (κ2) is 12.2. The molecule has 7 heteroatoms. The minimum Gasteiger partial charge on any atom is -0.493 e. The van der Waals surface area contributed by atoms with Crippen molar-refractivity contribution in [2.24, 2.45) is 0 Å². The monoisotopic (exact) mass is 476 g/mol. The van der Waals surface area contributed by atoms with Crippen molar-refractivity contribution >= 4 is 5.91 Å². The number of hydrogen-bond donors (Lipinski definition) is 1. The van der Waals surface area contributed by atoms with E-state index < -0.39 is 0 Å². The van der Waals surface area contributed by atoms with Crippen molar-refractivity contribution in [3.63, 3.8) is 0 Å². The van der Waals surface area contributed by atoms with Crippen LogP contribution in [0.15, 0.2) is 72.8 Å². The van der Waals surface area contributed by atoms with E-state index in [1.165, 1.54) is 0 Å². The molecule has 1 saturated heterocycles. The third kappa shape index (κ3) is 6.53. The van der Waals surface area contributed by atoms with E-state index in [0.717, 1.165) is 24.4 Å². The van der Waals surface area contributed by atoms with Gasteiger partial charge in [-0.3, -0.25) is 9.69 Å². The van der Waals surface area contributed by atoms with Crippen molar-refractivity contribution in [1.82, 2.24) is 10.2 Å². The number of morpholine rings is 1. The van der Waals surface area contributed by atoms with Crippen molar-refractivity contribution in [2.75, 3.05) is 46.6 Å². The van der Waals surface area contributed by atoms with E-state index in [0.29, 0.717) is 49.2 Å². The number of nitrogens with one attached hydrogen (secondary N) is 1. The van der Waals surface area contributed by atoms with Gasteiger partial charge in [-0.2, -0.15) is 0 Å². The third-order valence-electron chi connectivity index (χ3n) is 5.89. The van der Waals surface area contributed by atoms with E-state index in [9.17, 15) is 4.79 Å². The lowest BCUT2D eigenvalue weighted by Gasteiger charge is -2.35. The van der Waals surface area contributed by atoms with Gasteiger partial charge in [-0.15, -0.1) is 0 Å². The van der Waals surface area contributed by atoms with Crippen molar-refractivity contribution in [3.05, 3.63) is 83.9 Å². The number of benzene rings is 3. The first-order chi connectivity index (χ1) is 17.2. The fraction of sp³-hybridized carbons (Fsp3) is 0.321. The molecule has 3 aromatic carbocycles. The third-order valence-corrected chi connectivity index (χ3v) is 5.89. The predicted octanol–water partition coefficient (Wildman–Crippen LogP) is 4.69. The molecule has 1 N–H and O–H groups in total. The van der Waals surface area contributed by atoms with Gasteiger partial charge in [0.2, 0.25) is 0 Å². The highest BCUT2D eigenvalue weighted by molar-refractivity contribution is 5.94. The summed E-state index contributed by atoms with van der Waals surface area (Å²) in [6.45, 7) is 5.85. The van der Waals surface area contributed by atoms with Crippen LogP contribution in [0.25, 0.3) is 0 Å². The van der Waals surface area contributed by atoms with E-state index in [1.54, 1.807) is 19.2 Å². The van der Waals surface area contributed by atoms with Crippen LogP contribution in [-0.4, -0.2) is 57.4 Å². The number of methoxy groups -OCH3 is 1. The van der Waals surface area contributed by atoms with Gasteiger partial charge < -0.3 is 24.3 Å². The molecule has 1 amide bonds. The lowest BCUT2D eigenvalue weighted by Crippen LogP contribution is -2.43. The first-order valence-corrected chi connectivity index (χ1v) is 11.9. The standard InChI is InChI=1S/C28H32N2O5/c1-3-34-26-13-12-21(19-27(26)32-2)25(30-14-16-33-17-15-30)20-29-28(31)22-8-7-11-24(18-22)35-23-9-5-4-6-10-23/h4-13,18-19,25H,3,14-17,20H2,1-2H3,(H,29,31). The van der Waals surface area contributed by atoms with Crippen molar-refractivity contribution < 1.29 is 23.7 Å². The molecule has 0 bridgehead atoms. The van der Waals surface area contributed by atoms with Gasteiger partial charge in [0.05, 0.1) is 33.0 Å². The molecular weight excluding hydrogens is 444 g/mol. The van der Waals surface area contributed by atoms with Gasteiger partial charge in [-0.25, -0.2) is 0 Å². The maximum Gasteiger partial charge on any atom is 0.251 e. The molecule has 1 aliphatic rings. The van der Waals surface area contributed by atoms with Crippen LogP contribution in [0.2, 0.25) is 0 Å². The molecule has 184 valence electrons. The molecule has 0 aromatic heterocycles. The van der Waals surface area contributed by atoms with E-state index in [-0.39, 0.29) is 11.9 Å². The smallest absolute Gasteiger partial charge is 0.251 e. The zero-order valence-electron chi connectivity index (χ0n) is 20.2. The lowest BCUT2D eigenvalue weighted by atomic mass is 10.0. The number of nitrogens with zero attached hydrogens (tertiary/aromatic N) is 1. The van der Waals surface area contributed by atoms with Gasteiger partial charge >= 0.3 is 0 Å². The summed E-state index contributed by atoms with van der Waals surface area (Å²) >= 11 is 0. The summed E-state index contributed by atoms with van der Waals surface area (Å²) in [5.41, 5.74) is 1.59. The van der Waals surface area contributed by atoms with Crippen LogP contribution in [0.5, 0.6) is 23.0 Å². The fourth-order valence-electron chi connectivity index (χ4n) is 4.13. The van der Waals surface area contributed by atoms with E-state index in [4.69, 9.17) is 18.9 Å². The average molecular weight is 477 g/mol. The Morgan fingerprint density at radius 1 is 0.971 bits per heavy atom. The number of ether oxygens (including phenoxy) is 4. The van der Waals surface area contributed by atoms with Crippen molar-refractivity contribution in [2.45, 2.75) is 13.0 Å². The topological polar surface area (TPSA) is 69.3 Å². The zero-order valence-corrected chi connectivity index (χ0v) is 20.2. The van der Waals surface area contributed by atoms with Crippen LogP contribution in [0, 0.1) is 0 Å². The van der Waals surface area contributed by atoms with E-state index in [2.05, 4.69) is 10.2 Å². The van der Waals surface area contributed by atoms with E-state index >= 15 is 0 Å². The quantitative estimate of drug-likeness (QED) is 0.458. The van der Waals surface area contributed by atoms with Crippen LogP contribution in [0.1, 0.15) is 28.9 Å². The summed E-state index contributed by atoms with van der Waals surface area (Å²) in [4.78, 5) is 15.4. The highest BCUT2D eigenvalue weighted by atomic mass is 16.5. The van der Waals surface area contributed by atoms with Gasteiger partial charge in [0, 0.05) is 25.2 Å². The summed E-state index contributed by atoms with van der Waals surface area (Å²) in [6.07, 6.45) is 0. The first kappa shape index (κ1) is 24.6. The second-order valence-electron chi connectivity index (χ2n) is 8.16. The van der Waals surface area contributed by atoms with Crippen molar-refractivity contribution in [1.29, 1.82) is 0 Å². The summed E-state index contributed by atoms with van der Waals surface area (Å²) in [6, 6.07) is 22.6. The van der Waals surface area contributed by atoms with Crippen LogP contribution in [-0.2, 0) is 4.74 Å². The molecule has 1 atom stereocenters. The Morgan fingerprint density at radius 2 is 1.74 bits per heavy atom. The van der Waals surface area contributed by atoms with Gasteiger partial charge in [0.25, 0.3) is 5.91 Å². The summed E-state index contributed by atoms with van der Waals surface area (Å²) < 4.78 is 22.7. The second-order valence-corrected chi connectivity index (χ2v) is 8.16. The number of rotatable bonds is 10. The lowest BCUT2D eigenvalue weighted by molar-refractivity contribution is 0.0162. The zero-order chi connectivity index (χ0) is 24.5. The normalized spacial score (nSPS) is 14.7. The Bertz CT molecular complexity index is 1100. The van der Waals surface area contributed by atoms with Crippen LogP contribution in [0.3, 0.4) is 0 Å². The SMILES string of the molecule is CCOc1ccc(C(CNC(=O)c2cccc(Oc3ccccc3)c2)N2CCOCC2)cc1OC. The summed E-state index contributed by atoms with van der Waals surface area (Å²) in [5, 5.41) is 3.11. The molecule has 0 aliphatic carbocycles. The summed E-state index contributed by atoms with van der Waals surface area (Å²) in [7, 11) is 1.64. The number of para-hydroxylation sites is 1. The molecule has 1 unspecified atom stereocenters. The van der Waals surface area contributed by atoms with Crippen LogP contribution >= 0.6 is 0 Å². The van der Waals surface area contributed by atoms with E-state index in [1.807, 2.05) is 67.6 Å². The molecule has 1 aliphatic heterocycles. The highest BCUT2D eigenvalue weighted by Gasteiger charge is 2.24. The number of carbonyl (C=O) groups is 1. The van der Waals surface area contributed by atoms with Crippen molar-refractivity contribution in [3.8, 4) is 23.0 Å². The predicted molar refractivity (Wildman–Crippen MR) is 135 cm³/mol. The minimum atomic E-state index is -0.153. The molecular formula is C28H32N2O5. The Labute approximate surface area is 206 Å². The largest absolute Gasteiger partial charge is 0.493 e. The summed E-state index contributed by atoms with van der Waals surface area (Å²) in [5.74, 6) is 2.57. The molecule has 0 saturated carbocycles. The first-order valence-electron chi connectivity index (χ1n) is 11.9. The van der Waals surface area contributed by atoms with Gasteiger partial charge in [0.1, 0.15) is 11.5 Å². The molecule has 7 nitrogen and oxygen atoms in total. The van der Waals surface area contributed by atoms with Gasteiger partial charge in [-0.1, -0.05) is 30.3 Å². The van der Waals surface area contributed by atoms with Crippen LogP contribution < -0.4 is 19.5 Å².